The van der Waals surface area contributed by atoms with E-state index in [2.05, 4.69) is 20.4 Å². The standard InChI is InChI=1S/C14H12N4O2S/c1-8-7-21-13(15-8)11-5-3-10(4-6-11)12(19)17-14-16-9(2)18-20-14/h3-7H,1-2H3,(H,16,17,18,19). The summed E-state index contributed by atoms with van der Waals surface area (Å²) in [7, 11) is 0. The summed E-state index contributed by atoms with van der Waals surface area (Å²) in [6, 6.07) is 7.31. The molecule has 0 bridgehead atoms. The SMILES string of the molecule is Cc1csc(-c2ccc(C(=O)Nc3nc(C)no3)cc2)n1. The van der Waals surface area contributed by atoms with Crippen LogP contribution in [-0.2, 0) is 0 Å². The molecule has 0 spiro atoms. The van der Waals surface area contributed by atoms with Crippen LogP contribution in [-0.4, -0.2) is 21.0 Å². The molecule has 0 atom stereocenters. The molecular weight excluding hydrogens is 288 g/mol. The maximum atomic E-state index is 12.0. The monoisotopic (exact) mass is 300 g/mol. The number of carbonyl (C=O) groups excluding carboxylic acids is 1. The maximum Gasteiger partial charge on any atom is 0.328 e. The summed E-state index contributed by atoms with van der Waals surface area (Å²) >= 11 is 1.58. The lowest BCUT2D eigenvalue weighted by atomic mass is 10.1. The van der Waals surface area contributed by atoms with Gasteiger partial charge in [0.25, 0.3) is 5.91 Å². The normalized spacial score (nSPS) is 10.6. The van der Waals surface area contributed by atoms with Gasteiger partial charge in [0, 0.05) is 22.2 Å². The van der Waals surface area contributed by atoms with Gasteiger partial charge in [-0.2, -0.15) is 4.98 Å². The molecule has 3 rings (SSSR count). The quantitative estimate of drug-likeness (QED) is 0.804. The van der Waals surface area contributed by atoms with E-state index in [1.54, 1.807) is 30.4 Å². The highest BCUT2D eigenvalue weighted by Gasteiger charge is 2.11. The van der Waals surface area contributed by atoms with E-state index >= 15 is 0 Å². The van der Waals surface area contributed by atoms with E-state index in [9.17, 15) is 4.79 Å². The van der Waals surface area contributed by atoms with Crippen LogP contribution in [0.2, 0.25) is 0 Å². The van der Waals surface area contributed by atoms with Crippen molar-refractivity contribution in [3.05, 3.63) is 46.7 Å². The van der Waals surface area contributed by atoms with Gasteiger partial charge in [-0.25, -0.2) is 4.98 Å². The van der Waals surface area contributed by atoms with Crippen LogP contribution in [0.4, 0.5) is 6.01 Å². The highest BCUT2D eigenvalue weighted by molar-refractivity contribution is 7.13. The van der Waals surface area contributed by atoms with Gasteiger partial charge in [0.2, 0.25) is 0 Å². The Balaban J connectivity index is 1.76. The van der Waals surface area contributed by atoms with Crippen LogP contribution in [0.15, 0.2) is 34.2 Å². The molecule has 1 amide bonds. The van der Waals surface area contributed by atoms with Crippen molar-refractivity contribution in [3.63, 3.8) is 0 Å². The van der Waals surface area contributed by atoms with Crippen LogP contribution in [0.3, 0.4) is 0 Å². The highest BCUT2D eigenvalue weighted by atomic mass is 32.1. The van der Waals surface area contributed by atoms with Crippen LogP contribution in [0.25, 0.3) is 10.6 Å². The number of thiazole rings is 1. The molecule has 0 radical (unpaired) electrons. The molecule has 1 N–H and O–H groups in total. The lowest BCUT2D eigenvalue weighted by Gasteiger charge is -2.01. The van der Waals surface area contributed by atoms with Gasteiger partial charge in [-0.3, -0.25) is 10.1 Å². The molecule has 0 fully saturated rings. The number of anilines is 1. The fourth-order valence-electron chi connectivity index (χ4n) is 1.77. The zero-order chi connectivity index (χ0) is 14.8. The number of nitrogens with one attached hydrogen (secondary N) is 1. The molecule has 6 nitrogen and oxygen atoms in total. The van der Waals surface area contributed by atoms with E-state index in [1.807, 2.05) is 24.4 Å². The van der Waals surface area contributed by atoms with Crippen LogP contribution >= 0.6 is 11.3 Å². The first-order valence-electron chi connectivity index (χ1n) is 6.26. The molecule has 106 valence electrons. The van der Waals surface area contributed by atoms with E-state index in [1.165, 1.54) is 0 Å². The second-order valence-electron chi connectivity index (χ2n) is 4.47. The van der Waals surface area contributed by atoms with Crippen LogP contribution in [0, 0.1) is 13.8 Å². The number of carbonyl (C=O) groups is 1. The van der Waals surface area contributed by atoms with Crippen LogP contribution < -0.4 is 5.32 Å². The zero-order valence-corrected chi connectivity index (χ0v) is 12.3. The van der Waals surface area contributed by atoms with Gasteiger partial charge in [0.15, 0.2) is 5.82 Å². The zero-order valence-electron chi connectivity index (χ0n) is 11.5. The van der Waals surface area contributed by atoms with Crippen LogP contribution in [0.1, 0.15) is 21.9 Å². The minimum atomic E-state index is -0.291. The molecule has 21 heavy (non-hydrogen) atoms. The number of hydrogen-bond donors (Lipinski definition) is 1. The highest BCUT2D eigenvalue weighted by Crippen LogP contribution is 2.23. The number of amides is 1. The molecule has 3 aromatic rings. The van der Waals surface area contributed by atoms with E-state index in [-0.39, 0.29) is 11.9 Å². The molecule has 0 saturated carbocycles. The lowest BCUT2D eigenvalue weighted by Crippen LogP contribution is -2.11. The second-order valence-corrected chi connectivity index (χ2v) is 5.33. The molecular formula is C14H12N4O2S. The summed E-state index contributed by atoms with van der Waals surface area (Å²) in [5.41, 5.74) is 2.49. The second kappa shape index (κ2) is 5.45. The Morgan fingerprint density at radius 3 is 2.52 bits per heavy atom. The number of aryl methyl sites for hydroxylation is 2. The largest absolute Gasteiger partial charge is 0.328 e. The fraction of sp³-hybridized carbons (Fsp3) is 0.143. The number of nitrogens with zero attached hydrogens (tertiary/aromatic N) is 3. The van der Waals surface area contributed by atoms with Gasteiger partial charge in [-0.1, -0.05) is 17.3 Å². The van der Waals surface area contributed by atoms with Crippen molar-refractivity contribution < 1.29 is 9.32 Å². The fourth-order valence-corrected chi connectivity index (χ4v) is 2.57. The van der Waals surface area contributed by atoms with E-state index in [4.69, 9.17) is 4.52 Å². The molecule has 0 saturated heterocycles. The molecule has 2 heterocycles. The predicted molar refractivity (Wildman–Crippen MR) is 79.3 cm³/mol. The number of aromatic nitrogens is 3. The van der Waals surface area contributed by atoms with Crippen molar-refractivity contribution >= 4 is 23.3 Å². The van der Waals surface area contributed by atoms with E-state index in [0.29, 0.717) is 11.4 Å². The van der Waals surface area contributed by atoms with Gasteiger partial charge in [-0.15, -0.1) is 11.3 Å². The minimum Gasteiger partial charge on any atom is -0.315 e. The summed E-state index contributed by atoms with van der Waals surface area (Å²) in [5, 5.41) is 9.09. The van der Waals surface area contributed by atoms with Gasteiger partial charge in [-0.05, 0) is 26.0 Å². The predicted octanol–water partition coefficient (Wildman–Crippen LogP) is 3.06. The molecule has 1 aromatic carbocycles. The van der Waals surface area contributed by atoms with E-state index < -0.39 is 0 Å². The summed E-state index contributed by atoms with van der Waals surface area (Å²) < 4.78 is 4.85. The van der Waals surface area contributed by atoms with Crippen molar-refractivity contribution in [1.82, 2.24) is 15.1 Å². The summed E-state index contributed by atoms with van der Waals surface area (Å²) in [6.07, 6.45) is 0. The third-order valence-electron chi connectivity index (χ3n) is 2.76. The Morgan fingerprint density at radius 1 is 1.19 bits per heavy atom. The smallest absolute Gasteiger partial charge is 0.315 e. The summed E-state index contributed by atoms with van der Waals surface area (Å²) in [5.74, 6) is 0.181. The first-order valence-corrected chi connectivity index (χ1v) is 7.14. The van der Waals surface area contributed by atoms with Gasteiger partial charge >= 0.3 is 6.01 Å². The van der Waals surface area contributed by atoms with Gasteiger partial charge in [0.05, 0.1) is 0 Å². The van der Waals surface area contributed by atoms with Gasteiger partial charge in [0.1, 0.15) is 5.01 Å². The summed E-state index contributed by atoms with van der Waals surface area (Å²) in [6.45, 7) is 3.64. The first kappa shape index (κ1) is 13.4. The van der Waals surface area contributed by atoms with Crippen molar-refractivity contribution in [2.75, 3.05) is 5.32 Å². The Kier molecular flexibility index (Phi) is 3.49. The lowest BCUT2D eigenvalue weighted by molar-refractivity contribution is 0.102. The Hall–Kier alpha value is -2.54. The van der Waals surface area contributed by atoms with E-state index in [0.717, 1.165) is 16.3 Å². The van der Waals surface area contributed by atoms with Crippen molar-refractivity contribution in [2.45, 2.75) is 13.8 Å². The molecule has 0 aliphatic carbocycles. The molecule has 0 aliphatic rings. The molecule has 0 unspecified atom stereocenters. The first-order chi connectivity index (χ1) is 10.1. The number of hydrogen-bond acceptors (Lipinski definition) is 6. The number of rotatable bonds is 3. The Bertz CT molecular complexity index is 776. The topological polar surface area (TPSA) is 80.9 Å². The summed E-state index contributed by atoms with van der Waals surface area (Å²) in [4.78, 5) is 20.4. The average Bonchev–Trinajstić information content (AvgIpc) is 3.08. The number of benzene rings is 1. The average molecular weight is 300 g/mol. The Morgan fingerprint density at radius 2 is 1.95 bits per heavy atom. The van der Waals surface area contributed by atoms with Crippen molar-refractivity contribution in [1.29, 1.82) is 0 Å². The molecule has 0 aliphatic heterocycles. The third-order valence-corrected chi connectivity index (χ3v) is 3.77. The third kappa shape index (κ3) is 2.97. The van der Waals surface area contributed by atoms with Crippen molar-refractivity contribution in [2.24, 2.45) is 0 Å². The maximum absolute atomic E-state index is 12.0. The Labute approximate surface area is 124 Å². The molecule has 7 heteroatoms. The van der Waals surface area contributed by atoms with Crippen molar-refractivity contribution in [3.8, 4) is 10.6 Å². The molecule has 2 aromatic heterocycles. The minimum absolute atomic E-state index is 0.0946. The van der Waals surface area contributed by atoms with Gasteiger partial charge < -0.3 is 4.52 Å². The van der Waals surface area contributed by atoms with Crippen LogP contribution in [0.5, 0.6) is 0 Å².